The fourth-order valence-corrected chi connectivity index (χ4v) is 1.63. The smallest absolute Gasteiger partial charge is 0.346 e. The molecule has 0 bridgehead atoms. The van der Waals surface area contributed by atoms with Crippen LogP contribution in [0.15, 0.2) is 30.3 Å². The van der Waals surface area contributed by atoms with Crippen LogP contribution in [0, 0.1) is 0 Å². The van der Waals surface area contributed by atoms with E-state index in [1.54, 1.807) is 0 Å². The molecule has 1 aromatic rings. The molecule has 2 atom stereocenters. The molecule has 19 heavy (non-hydrogen) atoms. The Kier molecular flexibility index (Phi) is 5.35. The molecule has 0 aliphatic rings. The normalized spacial score (nSPS) is 14.8. The summed E-state index contributed by atoms with van der Waals surface area (Å²) < 4.78 is 35.9. The number of halogens is 3. The molecule has 106 valence electrons. The lowest BCUT2D eigenvalue weighted by Crippen LogP contribution is -2.45. The molecule has 0 heterocycles. The van der Waals surface area contributed by atoms with E-state index in [1.807, 2.05) is 42.6 Å². The van der Waals surface area contributed by atoms with Crippen molar-refractivity contribution in [1.29, 1.82) is 0 Å². The highest BCUT2D eigenvalue weighted by Crippen LogP contribution is 2.13. The number of carbonyl (C=O) groups is 1. The molecule has 3 nitrogen and oxygen atoms in total. The summed E-state index contributed by atoms with van der Waals surface area (Å²) in [4.78, 5) is 11.5. The first kappa shape index (κ1) is 15.5. The molecule has 2 N–H and O–H groups in total. The SMILES string of the molecule is CC(NC(C)c1ccccc1)C(=O)NCC(F)(F)F. The van der Waals surface area contributed by atoms with Gasteiger partial charge in [0.2, 0.25) is 5.91 Å². The Hall–Kier alpha value is -1.56. The maximum absolute atomic E-state index is 12.0. The zero-order valence-electron chi connectivity index (χ0n) is 10.8. The summed E-state index contributed by atoms with van der Waals surface area (Å²) >= 11 is 0. The molecule has 0 aliphatic carbocycles. The lowest BCUT2D eigenvalue weighted by atomic mass is 10.1. The van der Waals surface area contributed by atoms with Gasteiger partial charge in [-0.1, -0.05) is 30.3 Å². The molecule has 0 saturated carbocycles. The van der Waals surface area contributed by atoms with Crippen LogP contribution >= 0.6 is 0 Å². The van der Waals surface area contributed by atoms with Crippen molar-refractivity contribution < 1.29 is 18.0 Å². The molecule has 1 rings (SSSR count). The van der Waals surface area contributed by atoms with Crippen molar-refractivity contribution in [3.63, 3.8) is 0 Å². The number of carbonyl (C=O) groups excluding carboxylic acids is 1. The van der Waals surface area contributed by atoms with Gasteiger partial charge >= 0.3 is 6.18 Å². The molecule has 0 spiro atoms. The summed E-state index contributed by atoms with van der Waals surface area (Å²) in [6.07, 6.45) is -4.39. The van der Waals surface area contributed by atoms with Crippen LogP contribution in [-0.4, -0.2) is 24.7 Å². The van der Waals surface area contributed by atoms with E-state index in [9.17, 15) is 18.0 Å². The van der Waals surface area contributed by atoms with E-state index >= 15 is 0 Å². The predicted octanol–water partition coefficient (Wildman–Crippen LogP) is 2.40. The molecule has 1 amide bonds. The summed E-state index contributed by atoms with van der Waals surface area (Å²) in [5.74, 6) is -0.667. The zero-order chi connectivity index (χ0) is 14.5. The number of amides is 1. The van der Waals surface area contributed by atoms with Crippen molar-refractivity contribution in [3.05, 3.63) is 35.9 Å². The van der Waals surface area contributed by atoms with Gasteiger partial charge in [0.1, 0.15) is 6.54 Å². The van der Waals surface area contributed by atoms with Crippen molar-refractivity contribution in [2.75, 3.05) is 6.54 Å². The highest BCUT2D eigenvalue weighted by atomic mass is 19.4. The first-order valence-electron chi connectivity index (χ1n) is 5.95. The highest BCUT2D eigenvalue weighted by Gasteiger charge is 2.28. The molecular formula is C13H17F3N2O. The van der Waals surface area contributed by atoms with E-state index < -0.39 is 24.7 Å². The van der Waals surface area contributed by atoms with Crippen molar-refractivity contribution in [3.8, 4) is 0 Å². The predicted molar refractivity (Wildman–Crippen MR) is 66.5 cm³/mol. The molecule has 0 saturated heterocycles. The highest BCUT2D eigenvalue weighted by molar-refractivity contribution is 5.81. The second-order valence-corrected chi connectivity index (χ2v) is 4.35. The van der Waals surface area contributed by atoms with Crippen LogP contribution in [0.4, 0.5) is 13.2 Å². The van der Waals surface area contributed by atoms with Gasteiger partial charge in [-0.2, -0.15) is 13.2 Å². The quantitative estimate of drug-likeness (QED) is 0.865. The Morgan fingerprint density at radius 2 is 1.79 bits per heavy atom. The summed E-state index contributed by atoms with van der Waals surface area (Å²) in [7, 11) is 0. The molecule has 1 aromatic carbocycles. The number of hydrogen-bond acceptors (Lipinski definition) is 2. The monoisotopic (exact) mass is 274 g/mol. The van der Waals surface area contributed by atoms with Crippen molar-refractivity contribution >= 4 is 5.91 Å². The zero-order valence-corrected chi connectivity index (χ0v) is 10.8. The van der Waals surface area contributed by atoms with Crippen LogP contribution in [0.25, 0.3) is 0 Å². The molecule has 0 radical (unpaired) electrons. The number of rotatable bonds is 5. The number of nitrogens with one attached hydrogen (secondary N) is 2. The van der Waals surface area contributed by atoms with E-state index in [2.05, 4.69) is 5.32 Å². The molecule has 6 heteroatoms. The molecule has 2 unspecified atom stereocenters. The van der Waals surface area contributed by atoms with Crippen molar-refractivity contribution in [2.45, 2.75) is 32.1 Å². The summed E-state index contributed by atoms with van der Waals surface area (Å²) in [6, 6.07) is 8.56. The number of benzene rings is 1. The summed E-state index contributed by atoms with van der Waals surface area (Å²) in [5.41, 5.74) is 0.970. The maximum Gasteiger partial charge on any atom is 0.405 e. The van der Waals surface area contributed by atoms with Crippen LogP contribution in [0.1, 0.15) is 25.5 Å². The third kappa shape index (κ3) is 5.74. The largest absolute Gasteiger partial charge is 0.405 e. The minimum Gasteiger partial charge on any atom is -0.346 e. The molecular weight excluding hydrogens is 257 g/mol. The van der Waals surface area contributed by atoms with Crippen LogP contribution in [0.3, 0.4) is 0 Å². The molecule has 0 fully saturated rings. The Balaban J connectivity index is 2.46. The van der Waals surface area contributed by atoms with Gasteiger partial charge in [0, 0.05) is 6.04 Å². The topological polar surface area (TPSA) is 41.1 Å². The third-order valence-corrected chi connectivity index (χ3v) is 2.66. The minimum atomic E-state index is -4.39. The van der Waals surface area contributed by atoms with Gasteiger partial charge in [-0.15, -0.1) is 0 Å². The van der Waals surface area contributed by atoms with Gasteiger partial charge in [-0.25, -0.2) is 0 Å². The van der Waals surface area contributed by atoms with Crippen LogP contribution in [-0.2, 0) is 4.79 Å². The third-order valence-electron chi connectivity index (χ3n) is 2.66. The minimum absolute atomic E-state index is 0.118. The standard InChI is InChI=1S/C13H17F3N2O/c1-9(11-6-4-3-5-7-11)18-10(2)12(19)17-8-13(14,15)16/h3-7,9-10,18H,8H2,1-2H3,(H,17,19). The van der Waals surface area contributed by atoms with Crippen LogP contribution in [0.5, 0.6) is 0 Å². The summed E-state index contributed by atoms with van der Waals surface area (Å²) in [5, 5.41) is 4.81. The Morgan fingerprint density at radius 1 is 1.21 bits per heavy atom. The average Bonchev–Trinajstić information content (AvgIpc) is 2.36. The van der Waals surface area contributed by atoms with Crippen molar-refractivity contribution in [1.82, 2.24) is 10.6 Å². The second-order valence-electron chi connectivity index (χ2n) is 4.35. The lowest BCUT2D eigenvalue weighted by Gasteiger charge is -2.20. The molecule has 0 aromatic heterocycles. The fourth-order valence-electron chi connectivity index (χ4n) is 1.63. The second kappa shape index (κ2) is 6.56. The Labute approximate surface area is 110 Å². The van der Waals surface area contributed by atoms with Gasteiger partial charge in [-0.3, -0.25) is 10.1 Å². The average molecular weight is 274 g/mol. The van der Waals surface area contributed by atoms with Crippen molar-refractivity contribution in [2.24, 2.45) is 0 Å². The maximum atomic E-state index is 12.0. The van der Waals surface area contributed by atoms with E-state index in [4.69, 9.17) is 0 Å². The van der Waals surface area contributed by atoms with Gasteiger partial charge in [0.05, 0.1) is 6.04 Å². The van der Waals surface area contributed by atoms with Gasteiger partial charge in [-0.05, 0) is 19.4 Å². The van der Waals surface area contributed by atoms with Crippen LogP contribution < -0.4 is 10.6 Å². The number of hydrogen-bond donors (Lipinski definition) is 2. The summed E-state index contributed by atoms with van der Waals surface area (Å²) in [6.45, 7) is 2.07. The Morgan fingerprint density at radius 3 is 2.32 bits per heavy atom. The fraction of sp³-hybridized carbons (Fsp3) is 0.462. The van der Waals surface area contributed by atoms with E-state index in [-0.39, 0.29) is 6.04 Å². The Bertz CT molecular complexity index is 406. The lowest BCUT2D eigenvalue weighted by molar-refractivity contribution is -0.139. The van der Waals surface area contributed by atoms with E-state index in [0.717, 1.165) is 5.56 Å². The molecule has 0 aliphatic heterocycles. The first-order chi connectivity index (χ1) is 8.79. The van der Waals surface area contributed by atoms with Gasteiger partial charge in [0.25, 0.3) is 0 Å². The van der Waals surface area contributed by atoms with Crippen LogP contribution in [0.2, 0.25) is 0 Å². The van der Waals surface area contributed by atoms with E-state index in [1.165, 1.54) is 6.92 Å². The number of alkyl halides is 3. The van der Waals surface area contributed by atoms with Gasteiger partial charge in [0.15, 0.2) is 0 Å². The van der Waals surface area contributed by atoms with Gasteiger partial charge < -0.3 is 5.32 Å². The van der Waals surface area contributed by atoms with E-state index in [0.29, 0.717) is 0 Å². The first-order valence-corrected chi connectivity index (χ1v) is 5.95.